The van der Waals surface area contributed by atoms with E-state index in [1.54, 1.807) is 0 Å². The molecule has 0 aliphatic carbocycles. The summed E-state index contributed by atoms with van der Waals surface area (Å²) in [6, 6.07) is 0.813. The van der Waals surface area contributed by atoms with E-state index in [0.29, 0.717) is 0 Å². The van der Waals surface area contributed by atoms with E-state index in [1.807, 2.05) is 27.7 Å². The van der Waals surface area contributed by atoms with Crippen LogP contribution in [0, 0.1) is 0 Å². The monoisotopic (exact) mass is 334 g/mol. The second-order valence-corrected chi connectivity index (χ2v) is 7.59. The predicted molar refractivity (Wildman–Crippen MR) is 82.9 cm³/mol. The SMILES string of the molecule is CCC(C)S(=NC(=O)c1cnccc1C(F)(F)F)C(C)CC. The molecule has 0 saturated heterocycles. The Kier molecular flexibility index (Phi) is 6.71. The summed E-state index contributed by atoms with van der Waals surface area (Å²) in [5.74, 6) is -0.829. The van der Waals surface area contributed by atoms with E-state index >= 15 is 0 Å². The molecule has 0 N–H and O–H groups in total. The molecule has 0 aliphatic rings. The Hall–Kier alpha value is -1.24. The van der Waals surface area contributed by atoms with Crippen molar-refractivity contribution in [2.45, 2.75) is 57.2 Å². The smallest absolute Gasteiger partial charge is 0.266 e. The van der Waals surface area contributed by atoms with Crippen LogP contribution in [0.1, 0.15) is 56.5 Å². The standard InChI is InChI=1S/C15H21F3N2OS/c1-5-10(3)22(11(4)6-2)20-14(21)12-9-19-8-7-13(12)15(16,17)18/h7-11H,5-6H2,1-4H3. The molecular formula is C15H21F3N2OS. The van der Waals surface area contributed by atoms with Gasteiger partial charge in [0, 0.05) is 22.9 Å². The van der Waals surface area contributed by atoms with E-state index in [-0.39, 0.29) is 10.5 Å². The van der Waals surface area contributed by atoms with Gasteiger partial charge in [-0.05, 0) is 18.9 Å². The van der Waals surface area contributed by atoms with Crippen LogP contribution in [0.25, 0.3) is 0 Å². The van der Waals surface area contributed by atoms with Gasteiger partial charge in [-0.25, -0.2) is 0 Å². The summed E-state index contributed by atoms with van der Waals surface area (Å²) in [5, 5.41) is 0.315. The van der Waals surface area contributed by atoms with Crippen LogP contribution in [0.2, 0.25) is 0 Å². The van der Waals surface area contributed by atoms with Crippen LogP contribution in [0.15, 0.2) is 22.8 Å². The summed E-state index contributed by atoms with van der Waals surface area (Å²) in [4.78, 5) is 15.9. The van der Waals surface area contributed by atoms with Crippen LogP contribution in [-0.2, 0) is 16.9 Å². The normalized spacial score (nSPS) is 16.0. The molecule has 0 spiro atoms. The van der Waals surface area contributed by atoms with Gasteiger partial charge in [0.2, 0.25) is 0 Å². The van der Waals surface area contributed by atoms with Gasteiger partial charge in [-0.2, -0.15) is 17.5 Å². The fourth-order valence-corrected chi connectivity index (χ4v) is 4.00. The molecule has 0 aliphatic heterocycles. The topological polar surface area (TPSA) is 42.3 Å². The van der Waals surface area contributed by atoms with Gasteiger partial charge in [0.05, 0.1) is 11.1 Å². The minimum absolute atomic E-state index is 0.157. The van der Waals surface area contributed by atoms with Crippen LogP contribution in [0.4, 0.5) is 13.2 Å². The molecule has 124 valence electrons. The van der Waals surface area contributed by atoms with Crippen molar-refractivity contribution in [1.82, 2.24) is 4.98 Å². The van der Waals surface area contributed by atoms with Crippen LogP contribution in [0.3, 0.4) is 0 Å². The molecule has 2 unspecified atom stereocenters. The molecule has 1 heterocycles. The lowest BCUT2D eigenvalue weighted by molar-refractivity contribution is -0.138. The Morgan fingerprint density at radius 1 is 1.27 bits per heavy atom. The van der Waals surface area contributed by atoms with Gasteiger partial charge in [0.25, 0.3) is 5.91 Å². The highest BCUT2D eigenvalue weighted by Crippen LogP contribution is 2.32. The van der Waals surface area contributed by atoms with Crippen molar-refractivity contribution < 1.29 is 18.0 Å². The zero-order valence-corrected chi connectivity index (χ0v) is 14.0. The second kappa shape index (κ2) is 7.85. The van der Waals surface area contributed by atoms with E-state index < -0.39 is 33.9 Å². The van der Waals surface area contributed by atoms with Crippen molar-refractivity contribution in [3.8, 4) is 0 Å². The lowest BCUT2D eigenvalue weighted by Crippen LogP contribution is -2.22. The first-order valence-electron chi connectivity index (χ1n) is 7.21. The Morgan fingerprint density at radius 2 is 1.82 bits per heavy atom. The van der Waals surface area contributed by atoms with Crippen molar-refractivity contribution in [1.29, 1.82) is 0 Å². The molecule has 7 heteroatoms. The molecule has 0 aromatic carbocycles. The van der Waals surface area contributed by atoms with Gasteiger partial charge in [0.1, 0.15) is 0 Å². The Labute approximate surface area is 131 Å². The predicted octanol–water partition coefficient (Wildman–Crippen LogP) is 4.64. The maximum absolute atomic E-state index is 13.0. The number of pyridine rings is 1. The van der Waals surface area contributed by atoms with Crippen molar-refractivity contribution in [2.75, 3.05) is 0 Å². The van der Waals surface area contributed by atoms with Crippen molar-refractivity contribution in [2.24, 2.45) is 4.36 Å². The van der Waals surface area contributed by atoms with Crippen LogP contribution >= 0.6 is 0 Å². The van der Waals surface area contributed by atoms with Crippen LogP contribution in [-0.4, -0.2) is 21.4 Å². The van der Waals surface area contributed by atoms with Gasteiger partial charge < -0.3 is 0 Å². The molecule has 1 aromatic rings. The summed E-state index contributed by atoms with van der Waals surface area (Å²) in [7, 11) is -0.599. The van der Waals surface area contributed by atoms with E-state index in [4.69, 9.17) is 0 Å². The average Bonchev–Trinajstić information content (AvgIpc) is 2.50. The Morgan fingerprint density at radius 3 is 2.27 bits per heavy atom. The number of carbonyl (C=O) groups excluding carboxylic acids is 1. The summed E-state index contributed by atoms with van der Waals surface area (Å²) in [6.45, 7) is 7.91. The third-order valence-electron chi connectivity index (χ3n) is 3.52. The summed E-state index contributed by atoms with van der Waals surface area (Å²) < 4.78 is 43.0. The van der Waals surface area contributed by atoms with Crippen molar-refractivity contribution >= 4 is 16.6 Å². The lowest BCUT2D eigenvalue weighted by Gasteiger charge is -2.20. The Bertz CT molecular complexity index is 546. The zero-order chi connectivity index (χ0) is 16.9. The average molecular weight is 334 g/mol. The van der Waals surface area contributed by atoms with Gasteiger partial charge in [-0.15, -0.1) is 0 Å². The highest BCUT2D eigenvalue weighted by molar-refractivity contribution is 7.88. The number of nitrogens with zero attached hydrogens (tertiary/aromatic N) is 2. The molecule has 3 nitrogen and oxygen atoms in total. The summed E-state index contributed by atoms with van der Waals surface area (Å²) in [5.41, 5.74) is -1.45. The van der Waals surface area contributed by atoms with Crippen LogP contribution < -0.4 is 0 Å². The zero-order valence-electron chi connectivity index (χ0n) is 13.1. The molecule has 0 radical (unpaired) electrons. The minimum atomic E-state index is -4.59. The number of amides is 1. The fourth-order valence-electron chi connectivity index (χ4n) is 1.88. The van der Waals surface area contributed by atoms with E-state index in [2.05, 4.69) is 9.35 Å². The number of aromatic nitrogens is 1. The second-order valence-electron chi connectivity index (χ2n) is 5.10. The first kappa shape index (κ1) is 18.8. The van der Waals surface area contributed by atoms with E-state index in [9.17, 15) is 18.0 Å². The van der Waals surface area contributed by atoms with Crippen molar-refractivity contribution in [3.05, 3.63) is 29.6 Å². The summed E-state index contributed by atoms with van der Waals surface area (Å²) in [6.07, 6.45) is -0.965. The number of hydrogen-bond donors (Lipinski definition) is 0. The molecular weight excluding hydrogens is 313 g/mol. The maximum Gasteiger partial charge on any atom is 0.417 e. The van der Waals surface area contributed by atoms with E-state index in [1.165, 1.54) is 0 Å². The molecule has 0 bridgehead atoms. The minimum Gasteiger partial charge on any atom is -0.266 e. The fraction of sp³-hybridized carbons (Fsp3) is 0.600. The molecule has 1 aromatic heterocycles. The van der Waals surface area contributed by atoms with Crippen molar-refractivity contribution in [3.63, 3.8) is 0 Å². The molecule has 22 heavy (non-hydrogen) atoms. The number of rotatable bonds is 5. The first-order valence-corrected chi connectivity index (χ1v) is 8.52. The quantitative estimate of drug-likeness (QED) is 0.787. The largest absolute Gasteiger partial charge is 0.417 e. The van der Waals surface area contributed by atoms with E-state index in [0.717, 1.165) is 31.3 Å². The number of halogens is 3. The molecule has 0 fully saturated rings. The number of hydrogen-bond acceptors (Lipinski definition) is 2. The maximum atomic E-state index is 13.0. The number of alkyl halides is 3. The third kappa shape index (κ3) is 4.63. The summed E-state index contributed by atoms with van der Waals surface area (Å²) >= 11 is 0. The van der Waals surface area contributed by atoms with Gasteiger partial charge in [-0.3, -0.25) is 9.78 Å². The van der Waals surface area contributed by atoms with Crippen LogP contribution in [0.5, 0.6) is 0 Å². The number of carbonyl (C=O) groups is 1. The molecule has 0 saturated carbocycles. The van der Waals surface area contributed by atoms with Gasteiger partial charge in [-0.1, -0.05) is 38.4 Å². The molecule has 2 atom stereocenters. The first-order chi connectivity index (χ1) is 10.2. The highest BCUT2D eigenvalue weighted by Gasteiger charge is 2.35. The third-order valence-corrected chi connectivity index (χ3v) is 6.21. The van der Waals surface area contributed by atoms with Gasteiger partial charge >= 0.3 is 6.18 Å². The molecule has 1 rings (SSSR count). The highest BCUT2D eigenvalue weighted by atomic mass is 32.2. The Balaban J connectivity index is 3.28. The lowest BCUT2D eigenvalue weighted by atomic mass is 10.1. The molecule has 1 amide bonds. The van der Waals surface area contributed by atoms with Gasteiger partial charge in [0.15, 0.2) is 0 Å².